The first kappa shape index (κ1) is 22.4. The number of hydrogen-bond acceptors (Lipinski definition) is 3. The summed E-state index contributed by atoms with van der Waals surface area (Å²) in [6, 6.07) is 9.82. The van der Waals surface area contributed by atoms with Crippen LogP contribution in [0.1, 0.15) is 27.2 Å². The number of aryl methyl sites for hydroxylation is 1. The minimum atomic E-state index is -0.731. The van der Waals surface area contributed by atoms with Crippen molar-refractivity contribution in [3.63, 3.8) is 0 Å². The molecule has 0 spiro atoms. The predicted molar refractivity (Wildman–Crippen MR) is 119 cm³/mol. The highest BCUT2D eigenvalue weighted by Crippen LogP contribution is 2.26. The summed E-state index contributed by atoms with van der Waals surface area (Å²) in [6.07, 6.45) is 1.56. The van der Waals surface area contributed by atoms with Crippen molar-refractivity contribution in [1.29, 1.82) is 0 Å². The molecule has 1 aromatic heterocycles. The highest BCUT2D eigenvalue weighted by Gasteiger charge is 2.17. The zero-order valence-electron chi connectivity index (χ0n) is 16.8. The average molecular weight is 489 g/mol. The van der Waals surface area contributed by atoms with Gasteiger partial charge in [-0.2, -0.15) is 0 Å². The van der Waals surface area contributed by atoms with Crippen LogP contribution in [0.5, 0.6) is 5.75 Å². The molecule has 0 fully saturated rings. The minimum absolute atomic E-state index is 0.134. The zero-order valence-corrected chi connectivity index (χ0v) is 18.4. The number of nitrogens with zero attached hydrogens (tertiary/aromatic N) is 1. The Balaban J connectivity index is 1.99. The molecule has 1 heterocycles. The number of pyridine rings is 1. The molecule has 1 amide bonds. The molecule has 8 heteroatoms. The van der Waals surface area contributed by atoms with E-state index in [-0.39, 0.29) is 28.3 Å². The second-order valence-corrected chi connectivity index (χ2v) is 7.48. The Kier molecular flexibility index (Phi) is 6.70. The molecular weight excluding hydrogens is 470 g/mol. The Morgan fingerprint density at radius 3 is 2.61 bits per heavy atom. The van der Waals surface area contributed by atoms with E-state index in [1.165, 1.54) is 17.7 Å². The third-order valence-electron chi connectivity index (χ3n) is 4.68. The summed E-state index contributed by atoms with van der Waals surface area (Å²) in [7, 11) is 1.52. The predicted octanol–water partition coefficient (Wildman–Crippen LogP) is 4.77. The van der Waals surface area contributed by atoms with E-state index in [4.69, 9.17) is 4.74 Å². The van der Waals surface area contributed by atoms with Crippen molar-refractivity contribution in [3.8, 4) is 11.4 Å². The molecule has 0 aliphatic rings. The Bertz CT molecular complexity index is 1240. The number of benzene rings is 2. The lowest BCUT2D eigenvalue weighted by atomic mass is 10.1. The molecule has 0 bridgehead atoms. The molecule has 0 saturated heterocycles. The van der Waals surface area contributed by atoms with Crippen molar-refractivity contribution in [2.45, 2.75) is 13.5 Å². The summed E-state index contributed by atoms with van der Waals surface area (Å²) in [6.45, 7) is 5.24. The molecular formula is C23H19BrF2N2O3. The van der Waals surface area contributed by atoms with Crippen molar-refractivity contribution in [2.75, 3.05) is 7.05 Å². The van der Waals surface area contributed by atoms with E-state index in [1.54, 1.807) is 37.3 Å². The van der Waals surface area contributed by atoms with E-state index < -0.39 is 17.2 Å². The first-order valence-corrected chi connectivity index (χ1v) is 10.0. The smallest absolute Gasteiger partial charge is 0.273 e. The number of carbonyl (C=O) groups is 1. The molecule has 0 aliphatic carbocycles. The summed E-state index contributed by atoms with van der Waals surface area (Å²) in [5.74, 6) is -1.50. The molecule has 3 aromatic rings. The molecule has 0 saturated carbocycles. The molecule has 160 valence electrons. The Hall–Kier alpha value is -3.26. The van der Waals surface area contributed by atoms with Gasteiger partial charge in [-0.15, -0.1) is 0 Å². The number of halogens is 3. The maximum atomic E-state index is 13.9. The van der Waals surface area contributed by atoms with Gasteiger partial charge in [-0.3, -0.25) is 14.2 Å². The third-order valence-corrected chi connectivity index (χ3v) is 5.41. The second-order valence-electron chi connectivity index (χ2n) is 6.68. The van der Waals surface area contributed by atoms with Crippen LogP contribution in [0.15, 0.2) is 58.3 Å². The number of nitrogens with one attached hydrogen (secondary N) is 1. The molecule has 2 aromatic carbocycles. The number of ether oxygens (including phenoxy) is 1. The van der Waals surface area contributed by atoms with Crippen LogP contribution in [0.3, 0.4) is 0 Å². The van der Waals surface area contributed by atoms with Gasteiger partial charge in [0.15, 0.2) is 0 Å². The first-order chi connectivity index (χ1) is 14.8. The number of amides is 1. The fourth-order valence-corrected chi connectivity index (χ4v) is 3.50. The van der Waals surface area contributed by atoms with Crippen molar-refractivity contribution in [3.05, 3.63) is 97.9 Å². The monoisotopic (exact) mass is 488 g/mol. The fraction of sp³-hybridized carbons (Fsp3) is 0.130. The fourth-order valence-electron chi connectivity index (χ4n) is 3.09. The summed E-state index contributed by atoms with van der Waals surface area (Å²) in [5.41, 5.74) is 1.79. The Morgan fingerprint density at radius 1 is 1.23 bits per heavy atom. The van der Waals surface area contributed by atoms with E-state index in [0.29, 0.717) is 22.5 Å². The van der Waals surface area contributed by atoms with E-state index in [2.05, 4.69) is 27.8 Å². The van der Waals surface area contributed by atoms with Crippen LogP contribution in [0.4, 0.5) is 8.78 Å². The maximum absolute atomic E-state index is 13.9. The first-order valence-electron chi connectivity index (χ1n) is 9.24. The maximum Gasteiger partial charge on any atom is 0.273 e. The topological polar surface area (TPSA) is 60.3 Å². The van der Waals surface area contributed by atoms with Crippen LogP contribution in [-0.4, -0.2) is 17.5 Å². The van der Waals surface area contributed by atoms with E-state index in [9.17, 15) is 18.4 Å². The van der Waals surface area contributed by atoms with Gasteiger partial charge in [0.2, 0.25) is 0 Å². The summed E-state index contributed by atoms with van der Waals surface area (Å²) in [4.78, 5) is 25.2. The van der Waals surface area contributed by atoms with Gasteiger partial charge in [0.25, 0.3) is 11.5 Å². The SMILES string of the molecule is C=Cc1ccc(-n2c(C)cc(OCc3ccc(F)cc3F)c(Br)c2=O)cc1C(=O)NC. The van der Waals surface area contributed by atoms with E-state index in [0.717, 1.165) is 12.1 Å². The Labute approximate surface area is 186 Å². The van der Waals surface area contributed by atoms with Crippen LogP contribution >= 0.6 is 15.9 Å². The van der Waals surface area contributed by atoms with Crippen molar-refractivity contribution in [2.24, 2.45) is 0 Å². The van der Waals surface area contributed by atoms with E-state index >= 15 is 0 Å². The molecule has 5 nitrogen and oxygen atoms in total. The lowest BCUT2D eigenvalue weighted by molar-refractivity contribution is 0.0963. The summed E-state index contributed by atoms with van der Waals surface area (Å²) < 4.78 is 34.1. The standard InChI is InChI=1S/C23H19BrF2N2O3/c1-4-14-6-8-17(11-18(14)22(29)27-3)28-13(2)9-20(21(24)23(28)30)31-12-15-5-7-16(25)10-19(15)26/h4-11H,1,12H2,2-3H3,(H,27,29). The van der Waals surface area contributed by atoms with Gasteiger partial charge < -0.3 is 10.1 Å². The molecule has 0 atom stereocenters. The van der Waals surface area contributed by atoms with Gasteiger partial charge in [0.05, 0.1) is 0 Å². The lowest BCUT2D eigenvalue weighted by Crippen LogP contribution is -2.24. The zero-order chi connectivity index (χ0) is 22.7. The molecule has 0 radical (unpaired) electrons. The molecule has 0 unspecified atom stereocenters. The van der Waals surface area contributed by atoms with Gasteiger partial charge in [-0.25, -0.2) is 8.78 Å². The van der Waals surface area contributed by atoms with Crippen LogP contribution in [0.25, 0.3) is 11.8 Å². The van der Waals surface area contributed by atoms with Crippen molar-refractivity contribution < 1.29 is 18.3 Å². The summed E-state index contributed by atoms with van der Waals surface area (Å²) in [5, 5.41) is 2.57. The highest BCUT2D eigenvalue weighted by molar-refractivity contribution is 9.10. The van der Waals surface area contributed by atoms with Crippen LogP contribution in [0, 0.1) is 18.6 Å². The number of carbonyl (C=O) groups excluding carboxylic acids is 1. The van der Waals surface area contributed by atoms with Gasteiger partial charge in [-0.1, -0.05) is 18.7 Å². The minimum Gasteiger partial charge on any atom is -0.487 e. The van der Waals surface area contributed by atoms with E-state index in [1.807, 2.05) is 0 Å². The van der Waals surface area contributed by atoms with Crippen LogP contribution < -0.4 is 15.6 Å². The highest BCUT2D eigenvalue weighted by atomic mass is 79.9. The average Bonchev–Trinajstić information content (AvgIpc) is 2.75. The molecule has 31 heavy (non-hydrogen) atoms. The van der Waals surface area contributed by atoms with Gasteiger partial charge >= 0.3 is 0 Å². The Morgan fingerprint density at radius 2 is 1.97 bits per heavy atom. The lowest BCUT2D eigenvalue weighted by Gasteiger charge is -2.16. The van der Waals surface area contributed by atoms with Gasteiger partial charge in [0, 0.05) is 41.7 Å². The quantitative estimate of drug-likeness (QED) is 0.543. The second kappa shape index (κ2) is 9.26. The molecule has 1 N–H and O–H groups in total. The third kappa shape index (κ3) is 4.59. The van der Waals surface area contributed by atoms with Gasteiger partial charge in [0.1, 0.15) is 28.5 Å². The van der Waals surface area contributed by atoms with Gasteiger partial charge in [-0.05, 0) is 52.7 Å². The number of hydrogen-bond donors (Lipinski definition) is 1. The van der Waals surface area contributed by atoms with Crippen LogP contribution in [-0.2, 0) is 6.61 Å². The largest absolute Gasteiger partial charge is 0.487 e. The number of rotatable bonds is 6. The number of aromatic nitrogens is 1. The molecule has 3 rings (SSSR count). The van der Waals surface area contributed by atoms with Crippen molar-refractivity contribution in [1.82, 2.24) is 9.88 Å². The normalized spacial score (nSPS) is 10.6. The van der Waals surface area contributed by atoms with Crippen LogP contribution in [0.2, 0.25) is 0 Å². The molecule has 0 aliphatic heterocycles. The summed E-state index contributed by atoms with van der Waals surface area (Å²) >= 11 is 3.25. The van der Waals surface area contributed by atoms with Crippen molar-refractivity contribution >= 4 is 27.9 Å².